The number of aliphatic hydroxyl groups excluding tert-OH is 1. The van der Waals surface area contributed by atoms with E-state index in [-0.39, 0.29) is 17.4 Å². The maximum Gasteiger partial charge on any atom is 0.254 e. The highest BCUT2D eigenvalue weighted by atomic mass is 16.3. The van der Waals surface area contributed by atoms with Gasteiger partial charge < -0.3 is 10.0 Å². The van der Waals surface area contributed by atoms with Crippen molar-refractivity contribution in [3.63, 3.8) is 0 Å². The second-order valence-electron chi connectivity index (χ2n) is 7.22. The van der Waals surface area contributed by atoms with Gasteiger partial charge in [0.15, 0.2) is 5.65 Å². The molecule has 26 heavy (non-hydrogen) atoms. The van der Waals surface area contributed by atoms with Gasteiger partial charge in [-0.3, -0.25) is 4.79 Å². The van der Waals surface area contributed by atoms with Crippen molar-refractivity contribution in [3.05, 3.63) is 59.3 Å². The maximum atomic E-state index is 12.9. The van der Waals surface area contributed by atoms with Crippen LogP contribution in [0.5, 0.6) is 0 Å². The number of aromatic nitrogens is 4. The van der Waals surface area contributed by atoms with E-state index in [1.165, 1.54) is 15.6 Å². The van der Waals surface area contributed by atoms with E-state index < -0.39 is 0 Å². The van der Waals surface area contributed by atoms with E-state index in [0.717, 1.165) is 12.8 Å². The molecule has 0 bridgehead atoms. The predicted molar refractivity (Wildman–Crippen MR) is 93.8 cm³/mol. The van der Waals surface area contributed by atoms with Crippen LogP contribution in [0.25, 0.3) is 5.65 Å². The van der Waals surface area contributed by atoms with Crippen LogP contribution in [0.4, 0.5) is 0 Å². The highest BCUT2D eigenvalue weighted by Crippen LogP contribution is 2.46. The molecule has 0 saturated carbocycles. The molecule has 2 aromatic heterocycles. The Morgan fingerprint density at radius 1 is 1.19 bits per heavy atom. The van der Waals surface area contributed by atoms with Gasteiger partial charge in [-0.2, -0.15) is 0 Å². The van der Waals surface area contributed by atoms with E-state index in [1.807, 2.05) is 17.0 Å². The highest BCUT2D eigenvalue weighted by molar-refractivity contribution is 5.95. The average Bonchev–Trinajstić information content (AvgIpc) is 3.25. The van der Waals surface area contributed by atoms with Crippen molar-refractivity contribution in [3.8, 4) is 0 Å². The quantitative estimate of drug-likeness (QED) is 0.714. The largest absolute Gasteiger partial charge is 0.392 e. The first-order valence-corrected chi connectivity index (χ1v) is 8.91. The maximum absolute atomic E-state index is 12.9. The lowest BCUT2D eigenvalue weighted by atomic mass is 9.72. The molecule has 1 aliphatic carbocycles. The summed E-state index contributed by atoms with van der Waals surface area (Å²) < 4.78 is 1.54. The first-order valence-electron chi connectivity index (χ1n) is 8.91. The highest BCUT2D eigenvalue weighted by Gasteiger charge is 2.48. The summed E-state index contributed by atoms with van der Waals surface area (Å²) in [6.07, 6.45) is 3.61. The van der Waals surface area contributed by atoms with Crippen LogP contribution in [0, 0.1) is 0 Å². The minimum Gasteiger partial charge on any atom is -0.392 e. The predicted octanol–water partition coefficient (Wildman–Crippen LogP) is 1.22. The van der Waals surface area contributed by atoms with Crippen LogP contribution in [-0.2, 0) is 11.8 Å². The van der Waals surface area contributed by atoms with Crippen molar-refractivity contribution < 1.29 is 9.90 Å². The van der Waals surface area contributed by atoms with Gasteiger partial charge in [-0.1, -0.05) is 24.3 Å². The molecule has 1 saturated heterocycles. The molecule has 3 aromatic rings. The molecular formula is C19H19N5O2. The molecule has 1 atom stereocenters. The Labute approximate surface area is 150 Å². The van der Waals surface area contributed by atoms with Gasteiger partial charge in [-0.05, 0) is 52.9 Å². The Balaban J connectivity index is 1.38. The number of carbonyl (C=O) groups excluding carboxylic acids is 1. The van der Waals surface area contributed by atoms with Gasteiger partial charge in [0, 0.05) is 30.3 Å². The third kappa shape index (κ3) is 2.17. The number of hydrogen-bond acceptors (Lipinski definition) is 5. The van der Waals surface area contributed by atoms with Crippen LogP contribution in [0.2, 0.25) is 0 Å². The Kier molecular flexibility index (Phi) is 3.33. The molecule has 7 heteroatoms. The van der Waals surface area contributed by atoms with Crippen LogP contribution in [-0.4, -0.2) is 55.1 Å². The Morgan fingerprint density at radius 3 is 2.85 bits per heavy atom. The molecule has 3 heterocycles. The number of benzene rings is 1. The van der Waals surface area contributed by atoms with Gasteiger partial charge >= 0.3 is 0 Å². The zero-order chi connectivity index (χ0) is 17.7. The van der Waals surface area contributed by atoms with E-state index in [4.69, 9.17) is 0 Å². The SMILES string of the molecule is O=C(c1ccn2nnnc2c1)N1CCC2(CC1)c1ccccc1CC2O. The molecule has 132 valence electrons. The fourth-order valence-electron chi connectivity index (χ4n) is 4.53. The Hall–Kier alpha value is -2.80. The molecule has 0 radical (unpaired) electrons. The Morgan fingerprint density at radius 2 is 2.00 bits per heavy atom. The van der Waals surface area contributed by atoms with Gasteiger partial charge in [0.25, 0.3) is 5.91 Å². The van der Waals surface area contributed by atoms with Crippen molar-refractivity contribution in [2.24, 2.45) is 0 Å². The first-order chi connectivity index (χ1) is 12.7. The zero-order valence-corrected chi connectivity index (χ0v) is 14.2. The first kappa shape index (κ1) is 15.5. The standard InChI is InChI=1S/C19H19N5O2/c25-16-11-13-3-1-2-4-15(13)19(16)6-9-23(10-7-19)18(26)14-5-8-24-17(12-14)20-21-22-24/h1-5,8,12,16,25H,6-7,9-11H2. The van der Waals surface area contributed by atoms with Crippen LogP contribution in [0.15, 0.2) is 42.6 Å². The summed E-state index contributed by atoms with van der Waals surface area (Å²) in [6, 6.07) is 11.8. The monoisotopic (exact) mass is 349 g/mol. The summed E-state index contributed by atoms with van der Waals surface area (Å²) in [7, 11) is 0. The lowest BCUT2D eigenvalue weighted by Crippen LogP contribution is -2.49. The third-order valence-electron chi connectivity index (χ3n) is 5.99. The number of pyridine rings is 1. The number of piperidine rings is 1. The molecule has 1 spiro atoms. The summed E-state index contributed by atoms with van der Waals surface area (Å²) >= 11 is 0. The van der Waals surface area contributed by atoms with Crippen molar-refractivity contribution in [1.82, 2.24) is 24.9 Å². The molecule has 1 aliphatic heterocycles. The van der Waals surface area contributed by atoms with Gasteiger partial charge in [0.2, 0.25) is 0 Å². The summed E-state index contributed by atoms with van der Waals surface area (Å²) in [4.78, 5) is 14.8. The second kappa shape index (κ2) is 5.60. The molecular weight excluding hydrogens is 330 g/mol. The number of amides is 1. The molecule has 1 unspecified atom stereocenters. The molecule has 1 fully saturated rings. The van der Waals surface area contributed by atoms with Crippen LogP contribution < -0.4 is 0 Å². The van der Waals surface area contributed by atoms with Crippen molar-refractivity contribution in [2.75, 3.05) is 13.1 Å². The molecule has 2 aliphatic rings. The van der Waals surface area contributed by atoms with E-state index in [0.29, 0.717) is 30.7 Å². The number of carbonyl (C=O) groups is 1. The average molecular weight is 349 g/mol. The van der Waals surface area contributed by atoms with Crippen molar-refractivity contribution in [1.29, 1.82) is 0 Å². The smallest absolute Gasteiger partial charge is 0.254 e. The van der Waals surface area contributed by atoms with E-state index in [2.05, 4.69) is 27.7 Å². The normalized spacial score (nSPS) is 21.3. The van der Waals surface area contributed by atoms with Gasteiger partial charge in [0.1, 0.15) is 0 Å². The number of rotatable bonds is 1. The molecule has 1 aromatic carbocycles. The Bertz CT molecular complexity index is 990. The number of nitrogens with zero attached hydrogens (tertiary/aromatic N) is 5. The van der Waals surface area contributed by atoms with Crippen LogP contribution >= 0.6 is 0 Å². The molecule has 1 N–H and O–H groups in total. The summed E-state index contributed by atoms with van der Waals surface area (Å²) in [6.45, 7) is 1.28. The van der Waals surface area contributed by atoms with Gasteiger partial charge in [-0.15, -0.1) is 5.10 Å². The van der Waals surface area contributed by atoms with Crippen LogP contribution in [0.3, 0.4) is 0 Å². The number of hydrogen-bond donors (Lipinski definition) is 1. The number of tetrazole rings is 1. The molecule has 5 rings (SSSR count). The fraction of sp³-hybridized carbons (Fsp3) is 0.368. The summed E-state index contributed by atoms with van der Waals surface area (Å²) in [5.41, 5.74) is 3.44. The van der Waals surface area contributed by atoms with E-state index >= 15 is 0 Å². The minimum atomic E-state index is -0.365. The topological polar surface area (TPSA) is 83.6 Å². The van der Waals surface area contributed by atoms with Gasteiger partial charge in [0.05, 0.1) is 6.10 Å². The minimum absolute atomic E-state index is 0.00822. The molecule has 1 amide bonds. The lowest BCUT2D eigenvalue weighted by molar-refractivity contribution is 0.0365. The van der Waals surface area contributed by atoms with Crippen LogP contribution in [0.1, 0.15) is 34.3 Å². The number of likely N-dealkylation sites (tertiary alicyclic amines) is 1. The summed E-state index contributed by atoms with van der Waals surface area (Å²) in [5, 5.41) is 22.0. The lowest BCUT2D eigenvalue weighted by Gasteiger charge is -2.42. The second-order valence-corrected chi connectivity index (χ2v) is 7.22. The molecule has 7 nitrogen and oxygen atoms in total. The van der Waals surface area contributed by atoms with E-state index in [9.17, 15) is 9.90 Å². The van der Waals surface area contributed by atoms with E-state index in [1.54, 1.807) is 18.3 Å². The third-order valence-corrected chi connectivity index (χ3v) is 5.99. The van der Waals surface area contributed by atoms with Gasteiger partial charge in [-0.25, -0.2) is 4.52 Å². The van der Waals surface area contributed by atoms with Crippen molar-refractivity contribution in [2.45, 2.75) is 30.8 Å². The van der Waals surface area contributed by atoms with Crippen molar-refractivity contribution >= 4 is 11.6 Å². The number of fused-ring (bicyclic) bond motifs is 3. The zero-order valence-electron chi connectivity index (χ0n) is 14.2. The number of aliphatic hydroxyl groups is 1. The summed E-state index contributed by atoms with van der Waals surface area (Å²) in [5.74, 6) is -0.00822. The fourth-order valence-corrected chi connectivity index (χ4v) is 4.53.